The number of halogens is 3. The third kappa shape index (κ3) is 3.16. The molecule has 2 atom stereocenters. The Balaban J connectivity index is 2.17. The second kappa shape index (κ2) is 6.22. The first-order chi connectivity index (χ1) is 8.61. The van der Waals surface area contributed by atoms with E-state index in [1.165, 1.54) is 13.2 Å². The standard InChI is InChI=1S/C13H15BrClFO2/c1-17-13-7-12(16)10(14)6-9(13)11(15)5-8-3-2-4-18-8/h6-8,11H,2-5H2,1H3. The van der Waals surface area contributed by atoms with Gasteiger partial charge in [0.1, 0.15) is 11.6 Å². The highest BCUT2D eigenvalue weighted by atomic mass is 79.9. The van der Waals surface area contributed by atoms with E-state index in [2.05, 4.69) is 15.9 Å². The highest BCUT2D eigenvalue weighted by Crippen LogP contribution is 2.37. The molecule has 1 aliphatic heterocycles. The molecule has 1 saturated heterocycles. The minimum absolute atomic E-state index is 0.195. The fourth-order valence-electron chi connectivity index (χ4n) is 2.15. The predicted molar refractivity (Wildman–Crippen MR) is 72.8 cm³/mol. The van der Waals surface area contributed by atoms with Gasteiger partial charge in [-0.25, -0.2) is 4.39 Å². The number of ether oxygens (including phenoxy) is 2. The Morgan fingerprint density at radius 1 is 1.61 bits per heavy atom. The fraction of sp³-hybridized carbons (Fsp3) is 0.538. The molecule has 18 heavy (non-hydrogen) atoms. The van der Waals surface area contributed by atoms with Crippen molar-refractivity contribution in [1.82, 2.24) is 0 Å². The summed E-state index contributed by atoms with van der Waals surface area (Å²) in [5.74, 6) is 0.130. The van der Waals surface area contributed by atoms with Gasteiger partial charge in [-0.05, 0) is 41.3 Å². The quantitative estimate of drug-likeness (QED) is 0.756. The van der Waals surface area contributed by atoms with Crippen molar-refractivity contribution in [3.63, 3.8) is 0 Å². The van der Waals surface area contributed by atoms with Gasteiger partial charge in [-0.2, -0.15) is 0 Å². The molecule has 1 aromatic carbocycles. The lowest BCUT2D eigenvalue weighted by Gasteiger charge is -2.17. The molecule has 100 valence electrons. The Morgan fingerprint density at radius 3 is 3.00 bits per heavy atom. The van der Waals surface area contributed by atoms with Crippen LogP contribution in [0, 0.1) is 5.82 Å². The summed E-state index contributed by atoms with van der Waals surface area (Å²) in [6, 6.07) is 3.03. The summed E-state index contributed by atoms with van der Waals surface area (Å²) >= 11 is 9.56. The first-order valence-electron chi connectivity index (χ1n) is 5.90. The summed E-state index contributed by atoms with van der Waals surface area (Å²) in [5, 5.41) is -0.236. The van der Waals surface area contributed by atoms with Crippen LogP contribution in [0.4, 0.5) is 4.39 Å². The second-order valence-electron chi connectivity index (χ2n) is 4.35. The van der Waals surface area contributed by atoms with E-state index in [1.807, 2.05) is 0 Å². The van der Waals surface area contributed by atoms with E-state index >= 15 is 0 Å². The Hall–Kier alpha value is -0.320. The van der Waals surface area contributed by atoms with Crippen LogP contribution >= 0.6 is 27.5 Å². The maximum atomic E-state index is 13.4. The molecule has 0 saturated carbocycles. The van der Waals surface area contributed by atoms with Crippen LogP contribution < -0.4 is 4.74 Å². The van der Waals surface area contributed by atoms with Crippen molar-refractivity contribution in [3.8, 4) is 5.75 Å². The van der Waals surface area contributed by atoms with E-state index in [9.17, 15) is 4.39 Å². The van der Waals surface area contributed by atoms with Gasteiger partial charge in [-0.1, -0.05) is 0 Å². The molecule has 1 heterocycles. The monoisotopic (exact) mass is 336 g/mol. The number of rotatable bonds is 4. The van der Waals surface area contributed by atoms with Crippen molar-refractivity contribution in [2.75, 3.05) is 13.7 Å². The normalized spacial score (nSPS) is 21.0. The molecule has 0 aliphatic carbocycles. The van der Waals surface area contributed by atoms with Gasteiger partial charge in [-0.15, -0.1) is 11.6 Å². The number of hydrogen-bond acceptors (Lipinski definition) is 2. The van der Waals surface area contributed by atoms with Gasteiger partial charge in [0.2, 0.25) is 0 Å². The zero-order valence-corrected chi connectivity index (χ0v) is 12.4. The zero-order chi connectivity index (χ0) is 13.1. The third-order valence-corrected chi connectivity index (χ3v) is 4.12. The van der Waals surface area contributed by atoms with E-state index in [4.69, 9.17) is 21.1 Å². The van der Waals surface area contributed by atoms with Gasteiger partial charge in [0.05, 0.1) is 23.1 Å². The molecule has 0 spiro atoms. The highest BCUT2D eigenvalue weighted by Gasteiger charge is 2.23. The molecule has 0 N–H and O–H groups in total. The van der Waals surface area contributed by atoms with Gasteiger partial charge < -0.3 is 9.47 Å². The molecule has 1 aliphatic rings. The molecule has 1 fully saturated rings. The van der Waals surface area contributed by atoms with Crippen LogP contribution in [0.25, 0.3) is 0 Å². The lowest BCUT2D eigenvalue weighted by atomic mass is 10.0. The number of benzene rings is 1. The third-order valence-electron chi connectivity index (χ3n) is 3.10. The summed E-state index contributed by atoms with van der Waals surface area (Å²) < 4.78 is 24.6. The first-order valence-corrected chi connectivity index (χ1v) is 7.13. The Kier molecular flexibility index (Phi) is 4.87. The molecule has 0 amide bonds. The summed E-state index contributed by atoms with van der Waals surface area (Å²) in [5.41, 5.74) is 0.794. The van der Waals surface area contributed by atoms with Crippen molar-refractivity contribution < 1.29 is 13.9 Å². The van der Waals surface area contributed by atoms with E-state index in [0.29, 0.717) is 10.2 Å². The maximum absolute atomic E-state index is 13.4. The molecule has 1 aromatic rings. The van der Waals surface area contributed by atoms with Gasteiger partial charge >= 0.3 is 0 Å². The lowest BCUT2D eigenvalue weighted by molar-refractivity contribution is 0.103. The van der Waals surface area contributed by atoms with Crippen molar-refractivity contribution >= 4 is 27.5 Å². The Morgan fingerprint density at radius 2 is 2.39 bits per heavy atom. The van der Waals surface area contributed by atoms with Gasteiger partial charge in [0.25, 0.3) is 0 Å². The summed E-state index contributed by atoms with van der Waals surface area (Å²) in [7, 11) is 1.52. The van der Waals surface area contributed by atoms with Crippen LogP contribution in [-0.2, 0) is 4.74 Å². The molecule has 0 radical (unpaired) electrons. The molecule has 2 nitrogen and oxygen atoms in total. The predicted octanol–water partition coefficient (Wildman–Crippen LogP) is 4.45. The van der Waals surface area contributed by atoms with Gasteiger partial charge in [0, 0.05) is 18.2 Å². The lowest BCUT2D eigenvalue weighted by Crippen LogP contribution is -2.09. The number of methoxy groups -OCH3 is 1. The smallest absolute Gasteiger partial charge is 0.141 e. The Labute approximate surface area is 120 Å². The van der Waals surface area contributed by atoms with Crippen LogP contribution in [0.3, 0.4) is 0 Å². The van der Waals surface area contributed by atoms with Crippen LogP contribution in [0.1, 0.15) is 30.2 Å². The van der Waals surface area contributed by atoms with Crippen molar-refractivity contribution in [3.05, 3.63) is 28.0 Å². The minimum atomic E-state index is -0.350. The maximum Gasteiger partial charge on any atom is 0.141 e. The molecule has 5 heteroatoms. The molecule has 2 unspecified atom stereocenters. The number of hydrogen-bond donors (Lipinski definition) is 0. The van der Waals surface area contributed by atoms with Crippen molar-refractivity contribution in [1.29, 1.82) is 0 Å². The van der Waals surface area contributed by atoms with Crippen LogP contribution in [0.15, 0.2) is 16.6 Å². The second-order valence-corrected chi connectivity index (χ2v) is 5.73. The largest absolute Gasteiger partial charge is 0.496 e. The molecule has 0 aromatic heterocycles. The van der Waals surface area contributed by atoms with E-state index in [-0.39, 0.29) is 17.3 Å². The van der Waals surface area contributed by atoms with Gasteiger partial charge in [-0.3, -0.25) is 0 Å². The van der Waals surface area contributed by atoms with E-state index < -0.39 is 0 Å². The highest BCUT2D eigenvalue weighted by molar-refractivity contribution is 9.10. The average molecular weight is 338 g/mol. The van der Waals surface area contributed by atoms with Crippen LogP contribution in [0.2, 0.25) is 0 Å². The van der Waals surface area contributed by atoms with E-state index in [0.717, 1.165) is 31.4 Å². The van der Waals surface area contributed by atoms with Crippen molar-refractivity contribution in [2.24, 2.45) is 0 Å². The molecular formula is C13H15BrClFO2. The zero-order valence-electron chi connectivity index (χ0n) is 10.1. The number of alkyl halides is 1. The molecule has 0 bridgehead atoms. The van der Waals surface area contributed by atoms with Crippen LogP contribution in [-0.4, -0.2) is 19.8 Å². The van der Waals surface area contributed by atoms with Crippen molar-refractivity contribution in [2.45, 2.75) is 30.7 Å². The minimum Gasteiger partial charge on any atom is -0.496 e. The summed E-state index contributed by atoms with van der Waals surface area (Å²) in [4.78, 5) is 0. The van der Waals surface area contributed by atoms with Gasteiger partial charge in [0.15, 0.2) is 0 Å². The topological polar surface area (TPSA) is 18.5 Å². The summed E-state index contributed by atoms with van der Waals surface area (Å²) in [6.45, 7) is 0.804. The average Bonchev–Trinajstić information content (AvgIpc) is 2.84. The SMILES string of the molecule is COc1cc(F)c(Br)cc1C(Cl)CC1CCCO1. The van der Waals surface area contributed by atoms with E-state index in [1.54, 1.807) is 6.07 Å². The first kappa shape index (κ1) is 14.1. The molecule has 2 rings (SSSR count). The fourth-order valence-corrected chi connectivity index (χ4v) is 2.88. The molecular weight excluding hydrogens is 322 g/mol. The van der Waals surface area contributed by atoms with Crippen LogP contribution in [0.5, 0.6) is 5.75 Å². The Bertz CT molecular complexity index is 422. The summed E-state index contributed by atoms with van der Waals surface area (Å²) in [6.07, 6.45) is 3.03.